The summed E-state index contributed by atoms with van der Waals surface area (Å²) < 4.78 is 0. The average Bonchev–Trinajstić information content (AvgIpc) is 2.13. The lowest BCUT2D eigenvalue weighted by Gasteiger charge is -2.29. The minimum absolute atomic E-state index is 0.232. The largest absolute Gasteiger partial charge is 0.351 e. The van der Waals surface area contributed by atoms with Crippen LogP contribution in [-0.2, 0) is 4.79 Å². The number of amides is 1. The van der Waals surface area contributed by atoms with Crippen molar-refractivity contribution in [3.05, 3.63) is 0 Å². The maximum absolute atomic E-state index is 11.7. The Hall–Kier alpha value is -0.570. The second-order valence-corrected chi connectivity index (χ2v) is 4.11. The van der Waals surface area contributed by atoms with Crippen LogP contribution >= 0.6 is 0 Å². The van der Waals surface area contributed by atoms with Gasteiger partial charge in [0.25, 0.3) is 0 Å². The van der Waals surface area contributed by atoms with Crippen molar-refractivity contribution in [2.75, 3.05) is 13.1 Å². The third-order valence-electron chi connectivity index (χ3n) is 2.90. The average molecular weight is 198 g/mol. The predicted octanol–water partition coefficient (Wildman–Crippen LogP) is 1.29. The Morgan fingerprint density at radius 2 is 2.21 bits per heavy atom. The maximum atomic E-state index is 11.7. The van der Waals surface area contributed by atoms with Crippen molar-refractivity contribution in [2.24, 2.45) is 5.92 Å². The summed E-state index contributed by atoms with van der Waals surface area (Å²) in [5, 5.41) is 6.23. The molecule has 2 N–H and O–H groups in total. The standard InChI is InChI=1S/C11H22N2O/c1-3-5-6-9(4-2)11(14)13-10-7-12-8-10/h9-10,12H,3-8H2,1-2H3,(H,13,14). The Kier molecular flexibility index (Phi) is 4.94. The van der Waals surface area contributed by atoms with Crippen LogP contribution in [0.15, 0.2) is 0 Å². The van der Waals surface area contributed by atoms with E-state index in [1.807, 2.05) is 0 Å². The molecule has 0 bridgehead atoms. The summed E-state index contributed by atoms with van der Waals surface area (Å²) >= 11 is 0. The normalized spacial score (nSPS) is 18.7. The first-order valence-corrected chi connectivity index (χ1v) is 5.79. The van der Waals surface area contributed by atoms with Gasteiger partial charge in [0.15, 0.2) is 0 Å². The van der Waals surface area contributed by atoms with Gasteiger partial charge in [0.2, 0.25) is 5.91 Å². The lowest BCUT2D eigenvalue weighted by molar-refractivity contribution is -0.126. The molecule has 0 aromatic rings. The smallest absolute Gasteiger partial charge is 0.223 e. The van der Waals surface area contributed by atoms with E-state index in [0.717, 1.165) is 32.4 Å². The van der Waals surface area contributed by atoms with Gasteiger partial charge in [0.1, 0.15) is 0 Å². The molecule has 1 aliphatic heterocycles. The highest BCUT2D eigenvalue weighted by molar-refractivity contribution is 5.79. The van der Waals surface area contributed by atoms with Crippen LogP contribution < -0.4 is 10.6 Å². The molecule has 3 nitrogen and oxygen atoms in total. The Balaban J connectivity index is 2.23. The van der Waals surface area contributed by atoms with E-state index < -0.39 is 0 Å². The van der Waals surface area contributed by atoms with Gasteiger partial charge >= 0.3 is 0 Å². The molecule has 82 valence electrons. The second kappa shape index (κ2) is 6.02. The predicted molar refractivity (Wildman–Crippen MR) is 58.1 cm³/mol. The topological polar surface area (TPSA) is 41.1 Å². The minimum atomic E-state index is 0.232. The SMILES string of the molecule is CCCCC(CC)C(=O)NC1CNC1. The van der Waals surface area contributed by atoms with Crippen molar-refractivity contribution in [1.82, 2.24) is 10.6 Å². The molecule has 1 aliphatic rings. The fourth-order valence-electron chi connectivity index (χ4n) is 1.68. The van der Waals surface area contributed by atoms with Gasteiger partial charge in [-0.15, -0.1) is 0 Å². The summed E-state index contributed by atoms with van der Waals surface area (Å²) in [6.07, 6.45) is 4.34. The summed E-state index contributed by atoms with van der Waals surface area (Å²) in [6, 6.07) is 0.387. The van der Waals surface area contributed by atoms with Gasteiger partial charge in [0, 0.05) is 19.0 Å². The van der Waals surface area contributed by atoms with Crippen LogP contribution in [0.4, 0.5) is 0 Å². The summed E-state index contributed by atoms with van der Waals surface area (Å²) in [5.74, 6) is 0.489. The molecule has 1 amide bonds. The van der Waals surface area contributed by atoms with Crippen LogP contribution in [0.2, 0.25) is 0 Å². The summed E-state index contributed by atoms with van der Waals surface area (Å²) in [5.41, 5.74) is 0. The van der Waals surface area contributed by atoms with Gasteiger partial charge in [-0.25, -0.2) is 0 Å². The number of rotatable bonds is 6. The molecule has 0 aromatic carbocycles. The molecule has 0 saturated carbocycles. The highest BCUT2D eigenvalue weighted by Crippen LogP contribution is 2.13. The molecule has 0 spiro atoms. The molecule has 1 fully saturated rings. The van der Waals surface area contributed by atoms with E-state index in [1.165, 1.54) is 6.42 Å². The fraction of sp³-hybridized carbons (Fsp3) is 0.909. The van der Waals surface area contributed by atoms with Gasteiger partial charge in [0.05, 0.1) is 6.04 Å². The molecule has 1 saturated heterocycles. The van der Waals surface area contributed by atoms with E-state index in [0.29, 0.717) is 6.04 Å². The third-order valence-corrected chi connectivity index (χ3v) is 2.90. The number of hydrogen-bond donors (Lipinski definition) is 2. The minimum Gasteiger partial charge on any atom is -0.351 e. The summed E-state index contributed by atoms with van der Waals surface area (Å²) in [6.45, 7) is 6.14. The van der Waals surface area contributed by atoms with Crippen LogP contribution in [0, 0.1) is 5.92 Å². The van der Waals surface area contributed by atoms with Crippen molar-refractivity contribution in [3.8, 4) is 0 Å². The molecule has 14 heavy (non-hydrogen) atoms. The molecule has 0 aromatic heterocycles. The molecule has 1 rings (SSSR count). The molecule has 0 aliphatic carbocycles. The Bertz CT molecular complexity index is 178. The Morgan fingerprint density at radius 1 is 1.50 bits per heavy atom. The highest BCUT2D eigenvalue weighted by atomic mass is 16.2. The number of unbranched alkanes of at least 4 members (excludes halogenated alkanes) is 1. The first kappa shape index (κ1) is 11.5. The van der Waals surface area contributed by atoms with E-state index in [1.54, 1.807) is 0 Å². The lowest BCUT2D eigenvalue weighted by atomic mass is 9.97. The molecule has 0 radical (unpaired) electrons. The van der Waals surface area contributed by atoms with Crippen LogP contribution in [0.3, 0.4) is 0 Å². The summed E-state index contributed by atoms with van der Waals surface area (Å²) in [4.78, 5) is 11.7. The summed E-state index contributed by atoms with van der Waals surface area (Å²) in [7, 11) is 0. The third kappa shape index (κ3) is 3.29. The molecular weight excluding hydrogens is 176 g/mol. The monoisotopic (exact) mass is 198 g/mol. The van der Waals surface area contributed by atoms with Gasteiger partial charge in [-0.05, 0) is 12.8 Å². The molecule has 1 unspecified atom stereocenters. The second-order valence-electron chi connectivity index (χ2n) is 4.11. The van der Waals surface area contributed by atoms with Crippen LogP contribution in [0.25, 0.3) is 0 Å². The maximum Gasteiger partial charge on any atom is 0.223 e. The number of carbonyl (C=O) groups excluding carboxylic acids is 1. The van der Waals surface area contributed by atoms with Crippen molar-refractivity contribution in [2.45, 2.75) is 45.6 Å². The number of hydrogen-bond acceptors (Lipinski definition) is 2. The first-order valence-electron chi connectivity index (χ1n) is 5.79. The zero-order chi connectivity index (χ0) is 10.4. The number of nitrogens with one attached hydrogen (secondary N) is 2. The van der Waals surface area contributed by atoms with Gasteiger partial charge in [-0.3, -0.25) is 4.79 Å². The fourth-order valence-corrected chi connectivity index (χ4v) is 1.68. The van der Waals surface area contributed by atoms with Crippen molar-refractivity contribution in [3.63, 3.8) is 0 Å². The van der Waals surface area contributed by atoms with Crippen LogP contribution in [0.5, 0.6) is 0 Å². The van der Waals surface area contributed by atoms with Gasteiger partial charge < -0.3 is 10.6 Å². The quantitative estimate of drug-likeness (QED) is 0.675. The zero-order valence-corrected chi connectivity index (χ0v) is 9.31. The van der Waals surface area contributed by atoms with Crippen molar-refractivity contribution >= 4 is 5.91 Å². The Morgan fingerprint density at radius 3 is 2.64 bits per heavy atom. The van der Waals surface area contributed by atoms with E-state index >= 15 is 0 Å². The number of carbonyl (C=O) groups is 1. The molecule has 3 heteroatoms. The molecular formula is C11H22N2O. The van der Waals surface area contributed by atoms with Crippen LogP contribution in [0.1, 0.15) is 39.5 Å². The van der Waals surface area contributed by atoms with E-state index in [4.69, 9.17) is 0 Å². The highest BCUT2D eigenvalue weighted by Gasteiger charge is 2.22. The molecule has 1 atom stereocenters. The zero-order valence-electron chi connectivity index (χ0n) is 9.31. The van der Waals surface area contributed by atoms with E-state index in [2.05, 4.69) is 24.5 Å². The lowest BCUT2D eigenvalue weighted by Crippen LogP contribution is -2.57. The van der Waals surface area contributed by atoms with Crippen LogP contribution in [-0.4, -0.2) is 25.0 Å². The molecule has 1 heterocycles. The first-order chi connectivity index (χ1) is 6.77. The van der Waals surface area contributed by atoms with E-state index in [9.17, 15) is 4.79 Å². The van der Waals surface area contributed by atoms with Gasteiger partial charge in [-0.2, -0.15) is 0 Å². The van der Waals surface area contributed by atoms with Crippen molar-refractivity contribution < 1.29 is 4.79 Å². The van der Waals surface area contributed by atoms with E-state index in [-0.39, 0.29) is 11.8 Å². The van der Waals surface area contributed by atoms with Crippen molar-refractivity contribution in [1.29, 1.82) is 0 Å². The van der Waals surface area contributed by atoms with Gasteiger partial charge in [-0.1, -0.05) is 26.7 Å². The Labute approximate surface area is 86.6 Å².